The summed E-state index contributed by atoms with van der Waals surface area (Å²) in [6.07, 6.45) is -4.67. The van der Waals surface area contributed by atoms with E-state index in [2.05, 4.69) is 5.32 Å². The van der Waals surface area contributed by atoms with Gasteiger partial charge in [0.25, 0.3) is 10.0 Å². The minimum Gasteiger partial charge on any atom is -0.497 e. The number of methoxy groups -OCH3 is 1. The molecule has 1 N–H and O–H groups in total. The van der Waals surface area contributed by atoms with Crippen molar-refractivity contribution in [2.75, 3.05) is 24.5 Å². The van der Waals surface area contributed by atoms with Crippen LogP contribution in [0.1, 0.15) is 23.6 Å². The second kappa shape index (κ2) is 15.0. The molecule has 4 rings (SSSR count). The Bertz CT molecular complexity index is 1740. The first-order valence-corrected chi connectivity index (χ1v) is 15.9. The van der Waals surface area contributed by atoms with Gasteiger partial charge in [0.2, 0.25) is 11.8 Å². The summed E-state index contributed by atoms with van der Waals surface area (Å²) >= 11 is 0. The highest BCUT2D eigenvalue weighted by Gasteiger charge is 2.36. The number of hydrogen-bond acceptors (Lipinski definition) is 5. The van der Waals surface area contributed by atoms with E-state index in [4.69, 9.17) is 4.74 Å². The van der Waals surface area contributed by atoms with E-state index < -0.39 is 46.2 Å². The second-order valence-corrected chi connectivity index (χ2v) is 12.2. The number of rotatable bonds is 13. The van der Waals surface area contributed by atoms with Crippen molar-refractivity contribution in [2.24, 2.45) is 0 Å². The number of benzene rings is 4. The number of hydrogen-bond donors (Lipinski definition) is 1. The predicted molar refractivity (Wildman–Crippen MR) is 169 cm³/mol. The van der Waals surface area contributed by atoms with Gasteiger partial charge in [-0.1, -0.05) is 66.7 Å². The molecule has 4 aromatic carbocycles. The summed E-state index contributed by atoms with van der Waals surface area (Å²) < 4.78 is 75.1. The maximum atomic E-state index is 14.4. The Morgan fingerprint density at radius 3 is 2.11 bits per heavy atom. The molecular weight excluding hydrogens is 619 g/mol. The summed E-state index contributed by atoms with van der Waals surface area (Å²) in [7, 11) is -3.06. The van der Waals surface area contributed by atoms with Crippen molar-refractivity contribution in [1.82, 2.24) is 10.2 Å². The molecule has 0 aliphatic carbocycles. The number of likely N-dealkylation sites (N-methyl/N-ethyl adjacent to an activating group) is 1. The van der Waals surface area contributed by atoms with Crippen molar-refractivity contribution in [3.05, 3.63) is 126 Å². The molecule has 12 heteroatoms. The highest BCUT2D eigenvalue weighted by atomic mass is 32.2. The van der Waals surface area contributed by atoms with Crippen molar-refractivity contribution < 1.29 is 35.9 Å². The molecule has 0 fully saturated rings. The lowest BCUT2D eigenvalue weighted by atomic mass is 10.0. The lowest BCUT2D eigenvalue weighted by molar-refractivity contribution is -0.140. The first-order chi connectivity index (χ1) is 21.9. The van der Waals surface area contributed by atoms with Crippen molar-refractivity contribution >= 4 is 27.5 Å². The van der Waals surface area contributed by atoms with Crippen LogP contribution in [-0.4, -0.2) is 51.4 Å². The van der Waals surface area contributed by atoms with Gasteiger partial charge in [-0.2, -0.15) is 13.2 Å². The lowest BCUT2D eigenvalue weighted by Crippen LogP contribution is -2.53. The zero-order valence-electron chi connectivity index (χ0n) is 25.3. The molecule has 46 heavy (non-hydrogen) atoms. The molecule has 8 nitrogen and oxygen atoms in total. The topological polar surface area (TPSA) is 96.0 Å². The zero-order valence-corrected chi connectivity index (χ0v) is 26.1. The first-order valence-electron chi connectivity index (χ1n) is 14.4. The van der Waals surface area contributed by atoms with Crippen LogP contribution in [0.25, 0.3) is 0 Å². The van der Waals surface area contributed by atoms with Gasteiger partial charge in [0.05, 0.1) is 23.3 Å². The van der Waals surface area contributed by atoms with E-state index in [0.717, 1.165) is 17.7 Å². The van der Waals surface area contributed by atoms with Gasteiger partial charge in [0.15, 0.2) is 0 Å². The molecule has 0 aromatic heterocycles. The summed E-state index contributed by atoms with van der Waals surface area (Å²) in [5.74, 6) is -0.772. The van der Waals surface area contributed by atoms with E-state index in [9.17, 15) is 31.2 Å². The molecule has 4 aromatic rings. The molecule has 0 saturated heterocycles. The SMILES string of the molecule is CCNC(=O)C(Cc1ccccc1)N(Cc1cccc(OC)c1)C(=O)CN(c1cccc(C(F)(F)F)c1)S(=O)(=O)c1ccccc1. The minimum atomic E-state index is -4.76. The number of carbonyl (C=O) groups excluding carboxylic acids is 2. The summed E-state index contributed by atoms with van der Waals surface area (Å²) in [5.41, 5.74) is -0.102. The van der Waals surface area contributed by atoms with Crippen LogP contribution < -0.4 is 14.4 Å². The molecule has 1 unspecified atom stereocenters. The molecule has 1 atom stereocenters. The molecule has 0 spiro atoms. The summed E-state index contributed by atoms with van der Waals surface area (Å²) in [5, 5.41) is 2.76. The number of ether oxygens (including phenoxy) is 1. The maximum absolute atomic E-state index is 14.4. The fraction of sp³-hybridized carbons (Fsp3) is 0.235. The van der Waals surface area contributed by atoms with Gasteiger partial charge < -0.3 is 15.0 Å². The number of nitrogens with one attached hydrogen (secondary N) is 1. The van der Waals surface area contributed by atoms with Crippen LogP contribution in [0, 0.1) is 0 Å². The van der Waals surface area contributed by atoms with Gasteiger partial charge in [-0.15, -0.1) is 0 Å². The molecule has 0 radical (unpaired) electrons. The van der Waals surface area contributed by atoms with Crippen LogP contribution in [0.5, 0.6) is 5.75 Å². The number of nitrogens with zero attached hydrogens (tertiary/aromatic N) is 2. The Morgan fingerprint density at radius 1 is 0.848 bits per heavy atom. The molecule has 2 amide bonds. The first kappa shape index (κ1) is 34.0. The molecule has 0 saturated carbocycles. The van der Waals surface area contributed by atoms with E-state index in [0.29, 0.717) is 21.7 Å². The molecule has 242 valence electrons. The number of sulfonamides is 1. The number of amides is 2. The Hall–Kier alpha value is -4.84. The highest BCUT2D eigenvalue weighted by Crippen LogP contribution is 2.33. The van der Waals surface area contributed by atoms with Crippen molar-refractivity contribution in [3.63, 3.8) is 0 Å². The Kier molecular flexibility index (Phi) is 11.1. The van der Waals surface area contributed by atoms with E-state index >= 15 is 0 Å². The van der Waals surface area contributed by atoms with Gasteiger partial charge in [0.1, 0.15) is 18.3 Å². The second-order valence-electron chi connectivity index (χ2n) is 10.3. The quantitative estimate of drug-likeness (QED) is 0.200. The van der Waals surface area contributed by atoms with Gasteiger partial charge in [-0.3, -0.25) is 13.9 Å². The van der Waals surface area contributed by atoms with Gasteiger partial charge in [0, 0.05) is 19.5 Å². The number of alkyl halides is 3. The Balaban J connectivity index is 1.84. The smallest absolute Gasteiger partial charge is 0.416 e. The third-order valence-electron chi connectivity index (χ3n) is 7.18. The fourth-order valence-electron chi connectivity index (χ4n) is 4.90. The largest absolute Gasteiger partial charge is 0.497 e. The van der Waals surface area contributed by atoms with E-state index in [-0.39, 0.29) is 30.1 Å². The van der Waals surface area contributed by atoms with E-state index in [1.54, 1.807) is 61.5 Å². The fourth-order valence-corrected chi connectivity index (χ4v) is 6.33. The molecule has 0 bridgehead atoms. The monoisotopic (exact) mass is 653 g/mol. The minimum absolute atomic E-state index is 0.0946. The van der Waals surface area contributed by atoms with Crippen molar-refractivity contribution in [1.29, 1.82) is 0 Å². The molecule has 0 heterocycles. The highest BCUT2D eigenvalue weighted by molar-refractivity contribution is 7.92. The summed E-state index contributed by atoms with van der Waals surface area (Å²) in [6.45, 7) is 0.997. The van der Waals surface area contributed by atoms with Crippen LogP contribution >= 0.6 is 0 Å². The van der Waals surface area contributed by atoms with Crippen LogP contribution in [0.2, 0.25) is 0 Å². The third kappa shape index (κ3) is 8.45. The molecule has 0 aliphatic rings. The standard InChI is InChI=1S/C34H34F3N3O5S/c1-3-38-33(42)31(21-25-12-6-4-7-13-25)39(23-26-14-10-17-29(20-26)45-2)32(41)24-40(46(43,44)30-18-8-5-9-19-30)28-16-11-15-27(22-28)34(35,36)37/h4-20,22,31H,3,21,23-24H2,1-2H3,(H,38,42). The normalized spacial score (nSPS) is 12.2. The predicted octanol–water partition coefficient (Wildman–Crippen LogP) is 5.69. The van der Waals surface area contributed by atoms with Crippen LogP contribution in [0.15, 0.2) is 114 Å². The van der Waals surface area contributed by atoms with Crippen molar-refractivity contribution in [3.8, 4) is 5.75 Å². The van der Waals surface area contributed by atoms with Crippen LogP contribution in [-0.2, 0) is 38.8 Å². The average Bonchev–Trinajstić information content (AvgIpc) is 3.05. The number of halogens is 3. The lowest BCUT2D eigenvalue weighted by Gasteiger charge is -2.34. The van der Waals surface area contributed by atoms with Crippen LogP contribution in [0.4, 0.5) is 18.9 Å². The zero-order chi connectivity index (χ0) is 33.3. The number of carbonyl (C=O) groups is 2. The van der Waals surface area contributed by atoms with Gasteiger partial charge >= 0.3 is 6.18 Å². The Morgan fingerprint density at radius 2 is 1.48 bits per heavy atom. The van der Waals surface area contributed by atoms with E-state index in [1.807, 2.05) is 6.07 Å². The molecular formula is C34H34F3N3O5S. The maximum Gasteiger partial charge on any atom is 0.416 e. The van der Waals surface area contributed by atoms with Gasteiger partial charge in [-0.05, 0) is 60.5 Å². The van der Waals surface area contributed by atoms with Crippen molar-refractivity contribution in [2.45, 2.75) is 37.0 Å². The van der Waals surface area contributed by atoms with Crippen LogP contribution in [0.3, 0.4) is 0 Å². The number of anilines is 1. The third-order valence-corrected chi connectivity index (χ3v) is 8.97. The molecule has 0 aliphatic heterocycles. The average molecular weight is 654 g/mol. The van der Waals surface area contributed by atoms with E-state index in [1.165, 1.54) is 42.3 Å². The van der Waals surface area contributed by atoms with Gasteiger partial charge in [-0.25, -0.2) is 8.42 Å². The Labute approximate surface area is 266 Å². The summed E-state index contributed by atoms with van der Waals surface area (Å²) in [6, 6.07) is 25.6. The summed E-state index contributed by atoms with van der Waals surface area (Å²) in [4.78, 5) is 29.0.